The molecule has 0 fully saturated rings. The Labute approximate surface area is 116 Å². The molecule has 1 rings (SSSR count). The highest BCUT2D eigenvalue weighted by Crippen LogP contribution is 2.10. The van der Waals surface area contributed by atoms with Crippen LogP contribution in [0.4, 0.5) is 0 Å². The fraction of sp³-hybridized carbons (Fsp3) is 0.333. The Morgan fingerprint density at radius 2 is 1.75 bits per heavy atom. The lowest BCUT2D eigenvalue weighted by Crippen LogP contribution is -2.25. The molecule has 1 amide bonds. The molecule has 0 bridgehead atoms. The van der Waals surface area contributed by atoms with Gasteiger partial charge in [-0.25, -0.2) is 13.1 Å². The summed E-state index contributed by atoms with van der Waals surface area (Å²) in [7, 11) is -3.65. The van der Waals surface area contributed by atoms with E-state index >= 15 is 0 Å². The first-order valence-electron chi connectivity index (χ1n) is 5.94. The number of nitrogens with two attached hydrogens (primary N) is 1. The summed E-state index contributed by atoms with van der Waals surface area (Å²) in [6, 6.07) is 5.25. The molecule has 110 valence electrons. The molecule has 1 aromatic rings. The zero-order valence-electron chi connectivity index (χ0n) is 10.7. The van der Waals surface area contributed by atoms with E-state index in [4.69, 9.17) is 10.8 Å². The Bertz CT molecular complexity index is 580. The first kappa shape index (κ1) is 16.1. The van der Waals surface area contributed by atoms with E-state index < -0.39 is 21.9 Å². The smallest absolute Gasteiger partial charge is 0.303 e. The molecule has 0 heterocycles. The molecule has 0 atom stereocenters. The van der Waals surface area contributed by atoms with Crippen LogP contribution in [0.1, 0.15) is 29.6 Å². The summed E-state index contributed by atoms with van der Waals surface area (Å²) in [5, 5.41) is 8.45. The molecule has 0 saturated carbocycles. The molecule has 8 heteroatoms. The predicted molar refractivity (Wildman–Crippen MR) is 71.6 cm³/mol. The van der Waals surface area contributed by atoms with Crippen LogP contribution in [0.2, 0.25) is 0 Å². The highest BCUT2D eigenvalue weighted by atomic mass is 32.2. The third-order valence-corrected chi connectivity index (χ3v) is 4.04. The van der Waals surface area contributed by atoms with Crippen molar-refractivity contribution in [3.8, 4) is 0 Å². The lowest BCUT2D eigenvalue weighted by molar-refractivity contribution is -0.137. The summed E-state index contributed by atoms with van der Waals surface area (Å²) in [4.78, 5) is 21.2. The van der Waals surface area contributed by atoms with E-state index in [1.165, 1.54) is 24.3 Å². The van der Waals surface area contributed by atoms with Crippen molar-refractivity contribution in [2.24, 2.45) is 5.73 Å². The van der Waals surface area contributed by atoms with Crippen LogP contribution in [0.15, 0.2) is 29.2 Å². The largest absolute Gasteiger partial charge is 0.481 e. The number of unbranched alkanes of at least 4 members (excludes halogenated alkanes) is 1. The van der Waals surface area contributed by atoms with Gasteiger partial charge in [0.25, 0.3) is 0 Å². The second-order valence-electron chi connectivity index (χ2n) is 4.14. The number of sulfonamides is 1. The number of carbonyl (C=O) groups excluding carboxylic acids is 1. The maximum absolute atomic E-state index is 11.9. The van der Waals surface area contributed by atoms with Crippen LogP contribution in [-0.2, 0) is 14.8 Å². The van der Waals surface area contributed by atoms with Crippen molar-refractivity contribution in [1.82, 2.24) is 4.72 Å². The lowest BCUT2D eigenvalue weighted by atomic mass is 10.2. The van der Waals surface area contributed by atoms with Crippen molar-refractivity contribution in [3.05, 3.63) is 29.8 Å². The fourth-order valence-electron chi connectivity index (χ4n) is 1.49. The van der Waals surface area contributed by atoms with Gasteiger partial charge in [-0.15, -0.1) is 0 Å². The third-order valence-electron chi connectivity index (χ3n) is 2.56. The van der Waals surface area contributed by atoms with Crippen molar-refractivity contribution < 1.29 is 23.1 Å². The van der Waals surface area contributed by atoms with Crippen molar-refractivity contribution >= 4 is 21.9 Å². The number of hydrogen-bond donors (Lipinski definition) is 3. The van der Waals surface area contributed by atoms with Crippen molar-refractivity contribution in [3.63, 3.8) is 0 Å². The summed E-state index contributed by atoms with van der Waals surface area (Å²) >= 11 is 0. The number of carbonyl (C=O) groups is 2. The minimum absolute atomic E-state index is 0.00896. The molecule has 0 aliphatic heterocycles. The summed E-state index contributed by atoms with van der Waals surface area (Å²) in [6.45, 7) is 0.160. The second-order valence-corrected chi connectivity index (χ2v) is 5.90. The van der Waals surface area contributed by atoms with E-state index in [0.717, 1.165) is 0 Å². The van der Waals surface area contributed by atoms with Crippen molar-refractivity contribution in [2.75, 3.05) is 6.54 Å². The van der Waals surface area contributed by atoms with Gasteiger partial charge >= 0.3 is 5.97 Å². The first-order valence-corrected chi connectivity index (χ1v) is 7.42. The standard InChI is InChI=1S/C12H16N2O5S/c13-12(17)9-4-6-10(7-5-9)20(18,19)14-8-2-1-3-11(15)16/h4-7,14H,1-3,8H2,(H2,13,17)(H,15,16). The summed E-state index contributed by atoms with van der Waals surface area (Å²) in [5.41, 5.74) is 5.29. The molecule has 0 aliphatic carbocycles. The van der Waals surface area contributed by atoms with E-state index in [1.54, 1.807) is 0 Å². The molecular weight excluding hydrogens is 284 g/mol. The SMILES string of the molecule is NC(=O)c1ccc(S(=O)(=O)NCCCCC(=O)O)cc1. The van der Waals surface area contributed by atoms with Gasteiger partial charge in [-0.05, 0) is 37.1 Å². The highest BCUT2D eigenvalue weighted by molar-refractivity contribution is 7.89. The monoisotopic (exact) mass is 300 g/mol. The van der Waals surface area contributed by atoms with Crippen LogP contribution < -0.4 is 10.5 Å². The molecule has 0 aliphatic rings. The van der Waals surface area contributed by atoms with Crippen LogP contribution in [0, 0.1) is 0 Å². The van der Waals surface area contributed by atoms with E-state index in [9.17, 15) is 18.0 Å². The maximum atomic E-state index is 11.9. The molecule has 0 radical (unpaired) electrons. The Morgan fingerprint density at radius 1 is 1.15 bits per heavy atom. The number of amides is 1. The zero-order chi connectivity index (χ0) is 15.2. The number of carboxylic acids is 1. The van der Waals surface area contributed by atoms with Crippen LogP contribution in [0.5, 0.6) is 0 Å². The van der Waals surface area contributed by atoms with Crippen LogP contribution in [0.25, 0.3) is 0 Å². The highest BCUT2D eigenvalue weighted by Gasteiger charge is 2.13. The maximum Gasteiger partial charge on any atom is 0.303 e. The van der Waals surface area contributed by atoms with Gasteiger partial charge in [0.15, 0.2) is 0 Å². The van der Waals surface area contributed by atoms with Crippen molar-refractivity contribution in [2.45, 2.75) is 24.2 Å². The van der Waals surface area contributed by atoms with Gasteiger partial charge in [0.05, 0.1) is 4.90 Å². The van der Waals surface area contributed by atoms with Gasteiger partial charge in [-0.2, -0.15) is 0 Å². The predicted octanol–water partition coefficient (Wildman–Crippen LogP) is 0.319. The lowest BCUT2D eigenvalue weighted by Gasteiger charge is -2.06. The van der Waals surface area contributed by atoms with Gasteiger partial charge in [0.1, 0.15) is 0 Å². The minimum Gasteiger partial charge on any atom is -0.481 e. The normalized spacial score (nSPS) is 11.2. The topological polar surface area (TPSA) is 127 Å². The molecular formula is C12H16N2O5S. The molecule has 0 saturated heterocycles. The molecule has 0 aromatic heterocycles. The van der Waals surface area contributed by atoms with E-state index in [2.05, 4.69) is 4.72 Å². The molecule has 1 aromatic carbocycles. The third kappa shape index (κ3) is 4.98. The summed E-state index contributed by atoms with van der Waals surface area (Å²) in [6.07, 6.45) is 0.846. The van der Waals surface area contributed by atoms with Crippen molar-refractivity contribution in [1.29, 1.82) is 0 Å². The number of benzene rings is 1. The zero-order valence-corrected chi connectivity index (χ0v) is 11.5. The van der Waals surface area contributed by atoms with Gasteiger partial charge < -0.3 is 10.8 Å². The Kier molecular flexibility index (Phi) is 5.66. The number of rotatable bonds is 8. The molecule has 0 unspecified atom stereocenters. The number of hydrogen-bond acceptors (Lipinski definition) is 4. The minimum atomic E-state index is -3.65. The van der Waals surface area contributed by atoms with Crippen LogP contribution >= 0.6 is 0 Å². The number of carboxylic acid groups (broad SMARTS) is 1. The molecule has 0 spiro atoms. The van der Waals surface area contributed by atoms with E-state index in [1.807, 2.05) is 0 Å². The summed E-state index contributed by atoms with van der Waals surface area (Å²) in [5.74, 6) is -1.54. The molecule has 7 nitrogen and oxygen atoms in total. The second kappa shape index (κ2) is 7.01. The molecule has 20 heavy (non-hydrogen) atoms. The average molecular weight is 300 g/mol. The van der Waals surface area contributed by atoms with Gasteiger partial charge in [0, 0.05) is 18.5 Å². The number of primary amides is 1. The van der Waals surface area contributed by atoms with Gasteiger partial charge in [0.2, 0.25) is 15.9 Å². The van der Waals surface area contributed by atoms with E-state index in [0.29, 0.717) is 12.8 Å². The molecule has 4 N–H and O–H groups in total. The Hall–Kier alpha value is -1.93. The quantitative estimate of drug-likeness (QED) is 0.596. The van der Waals surface area contributed by atoms with Crippen LogP contribution in [0.3, 0.4) is 0 Å². The van der Waals surface area contributed by atoms with Gasteiger partial charge in [-0.1, -0.05) is 0 Å². The average Bonchev–Trinajstić information content (AvgIpc) is 2.38. The number of nitrogens with one attached hydrogen (secondary N) is 1. The number of aliphatic carboxylic acids is 1. The first-order chi connectivity index (χ1) is 9.33. The van der Waals surface area contributed by atoms with Gasteiger partial charge in [-0.3, -0.25) is 9.59 Å². The Balaban J connectivity index is 2.56. The Morgan fingerprint density at radius 3 is 2.25 bits per heavy atom. The summed E-state index contributed by atoms with van der Waals surface area (Å²) < 4.78 is 26.1. The van der Waals surface area contributed by atoms with E-state index in [-0.39, 0.29) is 23.4 Å². The fourth-order valence-corrected chi connectivity index (χ4v) is 2.56. The van der Waals surface area contributed by atoms with Crippen LogP contribution in [-0.4, -0.2) is 31.9 Å².